The molecule has 0 bridgehead atoms. The molecule has 0 fully saturated rings. The third-order valence-corrected chi connectivity index (χ3v) is 4.39. The number of esters is 1. The van der Waals surface area contributed by atoms with Crippen LogP contribution in [0.4, 0.5) is 0 Å². The maximum absolute atomic E-state index is 12.5. The standard InChI is InChI=1S/C18H16BrNO6/c1-2-24-18(23)14-13(9-3-5-10(19)6-4-9)16-15(26-17(14)20)12(22)7-11(8-21)25-16/h3-7,13,21H,2,8,20H2,1H3/t13-/m0/s1. The highest BCUT2D eigenvalue weighted by Gasteiger charge is 2.39. The Balaban J connectivity index is 2.26. The summed E-state index contributed by atoms with van der Waals surface area (Å²) in [5.41, 5.74) is 6.14. The van der Waals surface area contributed by atoms with Crippen molar-refractivity contribution in [1.29, 1.82) is 0 Å². The van der Waals surface area contributed by atoms with Crippen LogP contribution in [0.25, 0.3) is 0 Å². The zero-order valence-corrected chi connectivity index (χ0v) is 15.4. The first-order valence-electron chi connectivity index (χ1n) is 7.84. The van der Waals surface area contributed by atoms with Crippen LogP contribution in [-0.4, -0.2) is 17.7 Å². The molecule has 136 valence electrons. The Labute approximate surface area is 157 Å². The largest absolute Gasteiger partial charge is 0.462 e. The molecule has 2 heterocycles. The fraction of sp³-hybridized carbons (Fsp3) is 0.222. The number of benzene rings is 1. The van der Waals surface area contributed by atoms with Gasteiger partial charge in [0.2, 0.25) is 17.1 Å². The Hall–Kier alpha value is -2.58. The van der Waals surface area contributed by atoms with Crippen LogP contribution in [0.15, 0.2) is 55.5 Å². The first-order valence-corrected chi connectivity index (χ1v) is 8.63. The number of halogens is 1. The van der Waals surface area contributed by atoms with Crippen LogP contribution < -0.4 is 15.9 Å². The second-order valence-electron chi connectivity index (χ2n) is 5.51. The number of rotatable bonds is 4. The molecule has 0 radical (unpaired) electrons. The fourth-order valence-corrected chi connectivity index (χ4v) is 3.02. The Morgan fingerprint density at radius 3 is 2.65 bits per heavy atom. The number of fused-ring (bicyclic) bond motifs is 1. The molecule has 8 heteroatoms. The van der Waals surface area contributed by atoms with E-state index in [1.54, 1.807) is 31.2 Å². The van der Waals surface area contributed by atoms with Crippen LogP contribution >= 0.6 is 15.9 Å². The van der Waals surface area contributed by atoms with Crippen molar-refractivity contribution in [2.24, 2.45) is 5.73 Å². The summed E-state index contributed by atoms with van der Waals surface area (Å²) in [4.78, 5) is 24.8. The predicted molar refractivity (Wildman–Crippen MR) is 95.4 cm³/mol. The van der Waals surface area contributed by atoms with Crippen LogP contribution in [0, 0.1) is 0 Å². The monoisotopic (exact) mass is 421 g/mol. The minimum Gasteiger partial charge on any atom is -0.462 e. The lowest BCUT2D eigenvalue weighted by atomic mass is 9.86. The Bertz CT molecular complexity index is 932. The van der Waals surface area contributed by atoms with Gasteiger partial charge in [0.1, 0.15) is 17.9 Å². The van der Waals surface area contributed by atoms with E-state index < -0.39 is 23.9 Å². The van der Waals surface area contributed by atoms with Crippen molar-refractivity contribution in [2.45, 2.75) is 19.4 Å². The third-order valence-electron chi connectivity index (χ3n) is 3.86. The van der Waals surface area contributed by atoms with E-state index in [1.165, 1.54) is 0 Å². The van der Waals surface area contributed by atoms with Gasteiger partial charge in [-0.2, -0.15) is 0 Å². The van der Waals surface area contributed by atoms with E-state index in [4.69, 9.17) is 19.6 Å². The van der Waals surface area contributed by atoms with E-state index in [0.29, 0.717) is 5.56 Å². The number of ether oxygens (including phenoxy) is 2. The van der Waals surface area contributed by atoms with E-state index >= 15 is 0 Å². The molecular weight excluding hydrogens is 406 g/mol. The zero-order valence-electron chi connectivity index (χ0n) is 13.8. The number of aliphatic hydroxyl groups is 1. The average Bonchev–Trinajstić information content (AvgIpc) is 2.62. The summed E-state index contributed by atoms with van der Waals surface area (Å²) in [5, 5.41) is 9.36. The zero-order chi connectivity index (χ0) is 18.8. The smallest absolute Gasteiger partial charge is 0.340 e. The summed E-state index contributed by atoms with van der Waals surface area (Å²) >= 11 is 3.36. The lowest BCUT2D eigenvalue weighted by Crippen LogP contribution is -2.30. The highest BCUT2D eigenvalue weighted by atomic mass is 79.9. The number of carbonyl (C=O) groups excluding carboxylic acids is 1. The minimum absolute atomic E-state index is 0.0416. The molecule has 1 aromatic heterocycles. The highest BCUT2D eigenvalue weighted by Crippen LogP contribution is 2.41. The van der Waals surface area contributed by atoms with Gasteiger partial charge in [0.25, 0.3) is 0 Å². The van der Waals surface area contributed by atoms with Crippen LogP contribution in [0.2, 0.25) is 0 Å². The Kier molecular flexibility index (Phi) is 5.15. The Morgan fingerprint density at radius 2 is 2.04 bits per heavy atom. The number of carbonyl (C=O) groups is 1. The molecule has 0 spiro atoms. The summed E-state index contributed by atoms with van der Waals surface area (Å²) < 4.78 is 17.0. The van der Waals surface area contributed by atoms with Gasteiger partial charge in [0.15, 0.2) is 5.76 Å². The van der Waals surface area contributed by atoms with Gasteiger partial charge in [-0.05, 0) is 24.6 Å². The van der Waals surface area contributed by atoms with Gasteiger partial charge >= 0.3 is 5.97 Å². The molecule has 1 aliphatic heterocycles. The lowest BCUT2D eigenvalue weighted by molar-refractivity contribution is -0.139. The molecule has 1 aliphatic rings. The lowest BCUT2D eigenvalue weighted by Gasteiger charge is -2.26. The van der Waals surface area contributed by atoms with Gasteiger partial charge in [0, 0.05) is 10.5 Å². The first-order chi connectivity index (χ1) is 12.5. The van der Waals surface area contributed by atoms with E-state index in [9.17, 15) is 14.7 Å². The van der Waals surface area contributed by atoms with Gasteiger partial charge < -0.3 is 24.7 Å². The third kappa shape index (κ3) is 3.25. The van der Waals surface area contributed by atoms with E-state index in [1.807, 2.05) is 0 Å². The summed E-state index contributed by atoms with van der Waals surface area (Å²) in [5.74, 6) is -1.64. The SMILES string of the molecule is CCOC(=O)C1=C(N)Oc2c(oc(CO)cc2=O)[C@H]1c1ccc(Br)cc1. The van der Waals surface area contributed by atoms with E-state index in [2.05, 4.69) is 15.9 Å². The fourth-order valence-electron chi connectivity index (χ4n) is 2.76. The maximum atomic E-state index is 12.5. The summed E-state index contributed by atoms with van der Waals surface area (Å²) in [6.45, 7) is 1.35. The van der Waals surface area contributed by atoms with Gasteiger partial charge in [-0.3, -0.25) is 4.79 Å². The van der Waals surface area contributed by atoms with Crippen molar-refractivity contribution < 1.29 is 23.8 Å². The summed E-state index contributed by atoms with van der Waals surface area (Å²) in [6.07, 6.45) is 0. The van der Waals surface area contributed by atoms with Crippen LogP contribution in [0.3, 0.4) is 0 Å². The molecule has 0 saturated carbocycles. The molecule has 0 aliphatic carbocycles. The first kappa shape index (κ1) is 18.2. The maximum Gasteiger partial charge on any atom is 0.340 e. The van der Waals surface area contributed by atoms with Gasteiger partial charge in [0.05, 0.1) is 12.5 Å². The molecule has 0 unspecified atom stereocenters. The van der Waals surface area contributed by atoms with Crippen LogP contribution in [-0.2, 0) is 16.1 Å². The molecule has 26 heavy (non-hydrogen) atoms. The second-order valence-corrected chi connectivity index (χ2v) is 6.43. The quantitative estimate of drug-likeness (QED) is 0.727. The molecule has 0 amide bonds. The van der Waals surface area contributed by atoms with Gasteiger partial charge in [-0.25, -0.2) is 4.79 Å². The second kappa shape index (κ2) is 7.35. The highest BCUT2D eigenvalue weighted by molar-refractivity contribution is 9.10. The normalized spacial score (nSPS) is 16.0. The predicted octanol–water partition coefficient (Wildman–Crippen LogP) is 2.15. The summed E-state index contributed by atoms with van der Waals surface area (Å²) in [6, 6.07) is 8.24. The summed E-state index contributed by atoms with van der Waals surface area (Å²) in [7, 11) is 0. The van der Waals surface area contributed by atoms with Crippen molar-refractivity contribution in [3.8, 4) is 5.75 Å². The van der Waals surface area contributed by atoms with Crippen LogP contribution in [0.1, 0.15) is 29.9 Å². The van der Waals surface area contributed by atoms with Crippen molar-refractivity contribution in [2.75, 3.05) is 6.61 Å². The topological polar surface area (TPSA) is 112 Å². The van der Waals surface area contributed by atoms with Gasteiger partial charge in [-0.1, -0.05) is 28.1 Å². The molecule has 3 rings (SSSR count). The van der Waals surface area contributed by atoms with Crippen molar-refractivity contribution >= 4 is 21.9 Å². The number of nitrogens with two attached hydrogens (primary N) is 1. The molecule has 0 saturated heterocycles. The van der Waals surface area contributed by atoms with E-state index in [0.717, 1.165) is 10.5 Å². The average molecular weight is 422 g/mol. The van der Waals surface area contributed by atoms with Gasteiger partial charge in [-0.15, -0.1) is 0 Å². The van der Waals surface area contributed by atoms with Crippen molar-refractivity contribution in [3.63, 3.8) is 0 Å². The number of hydrogen-bond donors (Lipinski definition) is 2. The van der Waals surface area contributed by atoms with E-state index in [-0.39, 0.29) is 35.3 Å². The number of aliphatic hydroxyl groups excluding tert-OH is 1. The van der Waals surface area contributed by atoms with Crippen molar-refractivity contribution in [1.82, 2.24) is 0 Å². The molecule has 1 atom stereocenters. The van der Waals surface area contributed by atoms with Crippen molar-refractivity contribution in [3.05, 3.63) is 73.6 Å². The molecule has 2 aromatic rings. The molecule has 7 nitrogen and oxygen atoms in total. The minimum atomic E-state index is -0.801. The molecule has 1 aromatic carbocycles. The number of hydrogen-bond acceptors (Lipinski definition) is 7. The Morgan fingerprint density at radius 1 is 1.35 bits per heavy atom. The molecular formula is C18H16BrNO6. The van der Waals surface area contributed by atoms with Crippen LogP contribution in [0.5, 0.6) is 5.75 Å². The molecule has 3 N–H and O–H groups in total.